The first-order valence-electron chi connectivity index (χ1n) is 9.88. The SMILES string of the molecule is CC1(C)COc2c(/C=C/c3ccc(NS(C)(=O)=O)cc3)cc(-c3ccc[nH]c3=O)cc21. The van der Waals surface area contributed by atoms with E-state index in [4.69, 9.17) is 4.74 Å². The lowest BCUT2D eigenvalue weighted by Gasteiger charge is -2.16. The van der Waals surface area contributed by atoms with Crippen molar-refractivity contribution in [2.75, 3.05) is 17.6 Å². The Bertz CT molecular complexity index is 1320. The molecule has 0 spiro atoms. The molecular formula is C24H24N2O4S. The van der Waals surface area contributed by atoms with Crippen LogP contribution in [0.25, 0.3) is 23.3 Å². The number of ether oxygens (including phenoxy) is 1. The number of aromatic nitrogens is 1. The number of anilines is 1. The van der Waals surface area contributed by atoms with Crippen LogP contribution in [0.2, 0.25) is 0 Å². The lowest BCUT2D eigenvalue weighted by atomic mass is 9.84. The molecule has 0 amide bonds. The molecule has 2 heterocycles. The molecule has 6 nitrogen and oxygen atoms in total. The van der Waals surface area contributed by atoms with Crippen molar-refractivity contribution in [3.05, 3.63) is 81.8 Å². The summed E-state index contributed by atoms with van der Waals surface area (Å²) in [7, 11) is -3.31. The van der Waals surface area contributed by atoms with Crippen molar-refractivity contribution in [2.24, 2.45) is 0 Å². The second-order valence-electron chi connectivity index (χ2n) is 8.36. The van der Waals surface area contributed by atoms with Crippen molar-refractivity contribution in [1.29, 1.82) is 0 Å². The van der Waals surface area contributed by atoms with E-state index in [0.29, 0.717) is 17.9 Å². The number of fused-ring (bicyclic) bond motifs is 1. The second-order valence-corrected chi connectivity index (χ2v) is 10.1. The van der Waals surface area contributed by atoms with Gasteiger partial charge in [0, 0.05) is 34.0 Å². The predicted octanol–water partition coefficient (Wildman–Crippen LogP) is 4.25. The highest BCUT2D eigenvalue weighted by molar-refractivity contribution is 7.92. The Morgan fingerprint density at radius 3 is 2.52 bits per heavy atom. The van der Waals surface area contributed by atoms with Gasteiger partial charge in [-0.25, -0.2) is 8.42 Å². The first-order valence-corrected chi connectivity index (χ1v) is 11.8. The average Bonchev–Trinajstić information content (AvgIpc) is 3.01. The first-order chi connectivity index (χ1) is 14.6. The number of benzene rings is 2. The van der Waals surface area contributed by atoms with Gasteiger partial charge in [-0.2, -0.15) is 0 Å². The molecule has 31 heavy (non-hydrogen) atoms. The quantitative estimate of drug-likeness (QED) is 0.585. The lowest BCUT2D eigenvalue weighted by Crippen LogP contribution is -2.18. The largest absolute Gasteiger partial charge is 0.492 e. The molecule has 0 bridgehead atoms. The van der Waals surface area contributed by atoms with Crippen LogP contribution in [0.15, 0.2) is 59.5 Å². The first kappa shape index (κ1) is 20.9. The monoisotopic (exact) mass is 436 g/mol. The fraction of sp³-hybridized carbons (Fsp3) is 0.208. The maximum atomic E-state index is 12.3. The van der Waals surface area contributed by atoms with Crippen LogP contribution in [0, 0.1) is 0 Å². The highest BCUT2D eigenvalue weighted by Crippen LogP contribution is 2.43. The predicted molar refractivity (Wildman–Crippen MR) is 125 cm³/mol. The molecular weight excluding hydrogens is 412 g/mol. The van der Waals surface area contributed by atoms with Gasteiger partial charge in [-0.05, 0) is 47.5 Å². The van der Waals surface area contributed by atoms with E-state index in [9.17, 15) is 13.2 Å². The van der Waals surface area contributed by atoms with Crippen molar-refractivity contribution in [3.63, 3.8) is 0 Å². The number of hydrogen-bond acceptors (Lipinski definition) is 4. The van der Waals surface area contributed by atoms with Gasteiger partial charge in [-0.3, -0.25) is 9.52 Å². The van der Waals surface area contributed by atoms with Gasteiger partial charge in [0.1, 0.15) is 5.75 Å². The maximum absolute atomic E-state index is 12.3. The molecule has 0 atom stereocenters. The van der Waals surface area contributed by atoms with Gasteiger partial charge in [0.15, 0.2) is 0 Å². The zero-order valence-corrected chi connectivity index (χ0v) is 18.4. The summed E-state index contributed by atoms with van der Waals surface area (Å²) in [5, 5.41) is 0. The van der Waals surface area contributed by atoms with Crippen molar-refractivity contribution >= 4 is 27.9 Å². The molecule has 0 saturated carbocycles. The molecule has 0 unspecified atom stereocenters. The van der Waals surface area contributed by atoms with Crippen LogP contribution in [0.3, 0.4) is 0 Å². The molecule has 1 aliphatic heterocycles. The van der Waals surface area contributed by atoms with Gasteiger partial charge in [0.2, 0.25) is 10.0 Å². The summed E-state index contributed by atoms with van der Waals surface area (Å²) in [5.41, 5.74) is 4.53. The molecule has 0 radical (unpaired) electrons. The summed E-state index contributed by atoms with van der Waals surface area (Å²) in [6.07, 6.45) is 6.64. The molecule has 0 saturated heterocycles. The van der Waals surface area contributed by atoms with E-state index in [-0.39, 0.29) is 11.0 Å². The minimum atomic E-state index is -3.31. The minimum absolute atomic E-state index is 0.136. The van der Waals surface area contributed by atoms with Crippen LogP contribution in [0.1, 0.15) is 30.5 Å². The van der Waals surface area contributed by atoms with Crippen molar-refractivity contribution in [2.45, 2.75) is 19.3 Å². The van der Waals surface area contributed by atoms with Gasteiger partial charge in [-0.15, -0.1) is 0 Å². The van der Waals surface area contributed by atoms with Crippen LogP contribution in [-0.2, 0) is 15.4 Å². The third-order valence-electron chi connectivity index (χ3n) is 5.22. The Labute approximate surface area is 181 Å². The summed E-state index contributed by atoms with van der Waals surface area (Å²) in [6.45, 7) is 4.82. The lowest BCUT2D eigenvalue weighted by molar-refractivity contribution is 0.290. The van der Waals surface area contributed by atoms with E-state index >= 15 is 0 Å². The van der Waals surface area contributed by atoms with Gasteiger partial charge < -0.3 is 9.72 Å². The fourth-order valence-corrected chi connectivity index (χ4v) is 4.20. The number of aromatic amines is 1. The Hall–Kier alpha value is -3.32. The Balaban J connectivity index is 1.73. The third kappa shape index (κ3) is 4.56. The van der Waals surface area contributed by atoms with E-state index < -0.39 is 10.0 Å². The zero-order valence-electron chi connectivity index (χ0n) is 17.6. The molecule has 7 heteroatoms. The van der Waals surface area contributed by atoms with Crippen LogP contribution in [-0.4, -0.2) is 26.3 Å². The highest BCUT2D eigenvalue weighted by Gasteiger charge is 2.33. The molecule has 2 aromatic carbocycles. The Morgan fingerprint density at radius 1 is 1.10 bits per heavy atom. The number of hydrogen-bond donors (Lipinski definition) is 2. The average molecular weight is 437 g/mol. The topological polar surface area (TPSA) is 88.3 Å². The van der Waals surface area contributed by atoms with Crippen molar-refractivity contribution in [3.8, 4) is 16.9 Å². The summed E-state index contributed by atoms with van der Waals surface area (Å²) in [5.74, 6) is 0.827. The molecule has 0 aliphatic carbocycles. The van der Waals surface area contributed by atoms with E-state index in [1.165, 1.54) is 0 Å². The fourth-order valence-electron chi connectivity index (χ4n) is 3.64. The normalized spacial score (nSPS) is 14.9. The number of pyridine rings is 1. The number of rotatable bonds is 5. The number of sulfonamides is 1. The molecule has 4 rings (SSSR count). The third-order valence-corrected chi connectivity index (χ3v) is 5.83. The van der Waals surface area contributed by atoms with Gasteiger partial charge in [-0.1, -0.05) is 38.1 Å². The summed E-state index contributed by atoms with van der Waals surface area (Å²) >= 11 is 0. The number of H-pyrrole nitrogens is 1. The van der Waals surface area contributed by atoms with E-state index in [0.717, 1.165) is 34.3 Å². The minimum Gasteiger partial charge on any atom is -0.492 e. The standard InChI is InChI=1S/C24H24N2O4S/c1-24(2)15-30-22-17(9-6-16-7-10-19(11-8-16)26-31(3,28)29)13-18(14-21(22)24)20-5-4-12-25-23(20)27/h4-14,26H,15H2,1-3H3,(H,25,27)/b9-6+. The van der Waals surface area contributed by atoms with Gasteiger partial charge in [0.25, 0.3) is 5.56 Å². The molecule has 0 fully saturated rings. The van der Waals surface area contributed by atoms with Crippen molar-refractivity contribution < 1.29 is 13.2 Å². The zero-order chi connectivity index (χ0) is 22.2. The van der Waals surface area contributed by atoms with Crippen LogP contribution in [0.4, 0.5) is 5.69 Å². The molecule has 3 aromatic rings. The van der Waals surface area contributed by atoms with Crippen LogP contribution >= 0.6 is 0 Å². The van der Waals surface area contributed by atoms with E-state index in [1.54, 1.807) is 18.3 Å². The molecule has 2 N–H and O–H groups in total. The Morgan fingerprint density at radius 2 is 1.84 bits per heavy atom. The summed E-state index contributed by atoms with van der Waals surface area (Å²) in [6, 6.07) is 14.7. The molecule has 1 aliphatic rings. The van der Waals surface area contributed by atoms with Crippen molar-refractivity contribution in [1.82, 2.24) is 4.98 Å². The number of nitrogens with one attached hydrogen (secondary N) is 2. The van der Waals surface area contributed by atoms with Crippen LogP contribution in [0.5, 0.6) is 5.75 Å². The molecule has 1 aromatic heterocycles. The van der Waals surface area contributed by atoms with Gasteiger partial charge >= 0.3 is 0 Å². The van der Waals surface area contributed by atoms with Crippen LogP contribution < -0.4 is 15.0 Å². The maximum Gasteiger partial charge on any atom is 0.255 e. The summed E-state index contributed by atoms with van der Waals surface area (Å²) in [4.78, 5) is 15.1. The molecule has 160 valence electrons. The van der Waals surface area contributed by atoms with E-state index in [2.05, 4.69) is 23.6 Å². The highest BCUT2D eigenvalue weighted by atomic mass is 32.2. The smallest absolute Gasteiger partial charge is 0.255 e. The second kappa shape index (κ2) is 7.74. The van der Waals surface area contributed by atoms with Gasteiger partial charge in [0.05, 0.1) is 12.9 Å². The summed E-state index contributed by atoms with van der Waals surface area (Å²) < 4.78 is 31.2. The van der Waals surface area contributed by atoms with E-state index in [1.807, 2.05) is 48.6 Å². The Kier molecular flexibility index (Phi) is 5.23.